The van der Waals surface area contributed by atoms with Gasteiger partial charge >= 0.3 is 11.9 Å². The molecule has 2 aromatic heterocycles. The number of benzene rings is 6. The van der Waals surface area contributed by atoms with Gasteiger partial charge in [-0.1, -0.05) is 121 Å². The third-order valence-electron chi connectivity index (χ3n) is 9.51. The van der Waals surface area contributed by atoms with Crippen LogP contribution in [0.3, 0.4) is 0 Å². The zero-order valence-electron chi connectivity index (χ0n) is 34.3. The molecule has 0 radical (unpaired) electrons. The van der Waals surface area contributed by atoms with Crippen molar-refractivity contribution in [2.24, 2.45) is 0 Å². The second-order valence-electron chi connectivity index (χ2n) is 14.1. The van der Waals surface area contributed by atoms with E-state index in [-0.39, 0.29) is 83.7 Å². The molecular formula is C49H38N6O10. The maximum absolute atomic E-state index is 12.3. The van der Waals surface area contributed by atoms with Crippen molar-refractivity contribution in [1.29, 1.82) is 0 Å². The van der Waals surface area contributed by atoms with Crippen LogP contribution in [0.1, 0.15) is 6.42 Å². The summed E-state index contributed by atoms with van der Waals surface area (Å²) in [5.74, 6) is -1.67. The van der Waals surface area contributed by atoms with Crippen LogP contribution in [0.15, 0.2) is 146 Å². The number of nitrogens with zero attached hydrogens (tertiary/aromatic N) is 6. The summed E-state index contributed by atoms with van der Waals surface area (Å²) < 4.78 is 21.4. The van der Waals surface area contributed by atoms with Crippen molar-refractivity contribution in [3.05, 3.63) is 146 Å². The largest absolute Gasteiger partial charge is 0.507 e. The lowest BCUT2D eigenvalue weighted by atomic mass is 10.1. The third-order valence-corrected chi connectivity index (χ3v) is 9.51. The summed E-state index contributed by atoms with van der Waals surface area (Å²) in [5, 5.41) is 44.0. The highest BCUT2D eigenvalue weighted by Crippen LogP contribution is 2.41. The lowest BCUT2D eigenvalue weighted by molar-refractivity contribution is -0.155. The van der Waals surface area contributed by atoms with Crippen molar-refractivity contribution < 1.29 is 49.0 Å². The van der Waals surface area contributed by atoms with Gasteiger partial charge in [0.25, 0.3) is 0 Å². The number of esters is 2. The Labute approximate surface area is 371 Å². The number of hydrogen-bond donors (Lipinski definition) is 4. The molecule has 8 aromatic rings. The van der Waals surface area contributed by atoms with E-state index in [9.17, 15) is 30.0 Å². The van der Waals surface area contributed by atoms with E-state index >= 15 is 0 Å². The number of carbonyl (C=O) groups is 2. The molecule has 0 aliphatic rings. The number of aromatic nitrogens is 6. The molecule has 324 valence electrons. The monoisotopic (exact) mass is 870 g/mol. The quantitative estimate of drug-likeness (QED) is 0.0412. The molecule has 0 unspecified atom stereocenters. The predicted molar refractivity (Wildman–Crippen MR) is 236 cm³/mol. The number of ether oxygens (including phenoxy) is 4. The highest BCUT2D eigenvalue weighted by atomic mass is 16.6. The van der Waals surface area contributed by atoms with Gasteiger partial charge in [0, 0.05) is 46.5 Å². The van der Waals surface area contributed by atoms with Gasteiger partial charge in [-0.25, -0.2) is 29.9 Å². The topological polar surface area (TPSA) is 229 Å². The fraction of sp³-hybridized carbons (Fsp3) is 0.102. The third kappa shape index (κ3) is 10.6. The molecule has 0 saturated heterocycles. The molecule has 65 heavy (non-hydrogen) atoms. The maximum Gasteiger partial charge on any atom is 0.317 e. The summed E-state index contributed by atoms with van der Waals surface area (Å²) in [5.41, 5.74) is 2.76. The van der Waals surface area contributed by atoms with Crippen LogP contribution in [-0.2, 0) is 19.1 Å². The number of carbonyl (C=O) groups excluding carboxylic acids is 2. The second-order valence-corrected chi connectivity index (χ2v) is 14.1. The standard InChI is InChI=1S/C49H38N6O10/c56-36-25-34(26-37(57)42(36)48-52-44(30-13-5-1-6-14-30)50-45(53-48)31-15-7-2-8-16-31)62-21-23-64-40(60)29-41(61)65-24-22-63-35-27-38(58)43(39(59)28-35)49-54-46(32-17-9-3-10-18-32)51-47(55-49)33-19-11-4-12-20-33/h1-20,25-28,56-59H,21-24,29H2. The van der Waals surface area contributed by atoms with Crippen LogP contribution in [0.4, 0.5) is 0 Å². The summed E-state index contributed by atoms with van der Waals surface area (Å²) in [7, 11) is 0. The molecule has 0 bridgehead atoms. The van der Waals surface area contributed by atoms with Crippen molar-refractivity contribution >= 4 is 11.9 Å². The molecule has 0 aliphatic heterocycles. The number of aromatic hydroxyl groups is 4. The zero-order valence-corrected chi connectivity index (χ0v) is 34.3. The molecule has 0 fully saturated rings. The van der Waals surface area contributed by atoms with E-state index in [0.717, 1.165) is 0 Å². The van der Waals surface area contributed by atoms with Crippen molar-refractivity contribution in [3.63, 3.8) is 0 Å². The van der Waals surface area contributed by atoms with Gasteiger partial charge in [0.2, 0.25) is 0 Å². The molecule has 4 N–H and O–H groups in total. The van der Waals surface area contributed by atoms with E-state index in [0.29, 0.717) is 45.6 Å². The highest BCUT2D eigenvalue weighted by molar-refractivity contribution is 5.91. The summed E-state index contributed by atoms with van der Waals surface area (Å²) in [6, 6.07) is 41.9. The Kier molecular flexibility index (Phi) is 13.1. The Morgan fingerprint density at radius 1 is 0.369 bits per heavy atom. The average Bonchev–Trinajstić information content (AvgIpc) is 3.32. The molecule has 0 spiro atoms. The van der Waals surface area contributed by atoms with Crippen LogP contribution in [0, 0.1) is 0 Å². The minimum Gasteiger partial charge on any atom is -0.507 e. The lowest BCUT2D eigenvalue weighted by Gasteiger charge is -2.13. The first-order valence-corrected chi connectivity index (χ1v) is 20.1. The Balaban J connectivity index is 0.817. The van der Waals surface area contributed by atoms with E-state index in [4.69, 9.17) is 18.9 Å². The predicted octanol–water partition coefficient (Wildman–Crippen LogP) is 7.82. The summed E-state index contributed by atoms with van der Waals surface area (Å²) in [4.78, 5) is 52.0. The van der Waals surface area contributed by atoms with Crippen molar-refractivity contribution in [3.8, 4) is 103 Å². The smallest absolute Gasteiger partial charge is 0.317 e. The molecule has 0 amide bonds. The number of phenols is 4. The van der Waals surface area contributed by atoms with Crippen molar-refractivity contribution in [1.82, 2.24) is 29.9 Å². The number of hydrogen-bond acceptors (Lipinski definition) is 16. The summed E-state index contributed by atoms with van der Waals surface area (Å²) >= 11 is 0. The van der Waals surface area contributed by atoms with Gasteiger partial charge in [-0.3, -0.25) is 9.59 Å². The number of phenolic OH excluding ortho intramolecular Hbond substituents is 4. The van der Waals surface area contributed by atoms with Gasteiger partial charge in [-0.05, 0) is 0 Å². The Morgan fingerprint density at radius 2 is 0.631 bits per heavy atom. The van der Waals surface area contributed by atoms with Crippen LogP contribution in [0.25, 0.3) is 68.3 Å². The lowest BCUT2D eigenvalue weighted by Crippen LogP contribution is -2.18. The average molecular weight is 871 g/mol. The molecule has 0 aliphatic carbocycles. The first-order chi connectivity index (χ1) is 31.7. The van der Waals surface area contributed by atoms with E-state index in [1.54, 1.807) is 0 Å². The van der Waals surface area contributed by atoms with Gasteiger partial charge in [0.1, 0.15) is 78.5 Å². The summed E-state index contributed by atoms with van der Waals surface area (Å²) in [6.45, 7) is -0.880. The second kappa shape index (κ2) is 19.9. The van der Waals surface area contributed by atoms with Gasteiger partial charge in [0.15, 0.2) is 34.9 Å². The fourth-order valence-corrected chi connectivity index (χ4v) is 6.49. The Bertz CT molecular complexity index is 2580. The van der Waals surface area contributed by atoms with Crippen LogP contribution in [-0.4, -0.2) is 88.7 Å². The highest BCUT2D eigenvalue weighted by Gasteiger charge is 2.22. The van der Waals surface area contributed by atoms with Crippen LogP contribution < -0.4 is 9.47 Å². The minimum absolute atomic E-state index is 0.0346. The molecule has 0 saturated carbocycles. The van der Waals surface area contributed by atoms with Crippen LogP contribution in [0.2, 0.25) is 0 Å². The SMILES string of the molecule is O=C(CC(=O)OCCOc1cc(O)c(-c2nc(-c3ccccc3)nc(-c3ccccc3)n2)c(O)c1)OCCOc1cc(O)c(-c2nc(-c3ccccc3)nc(-c3ccccc3)n2)c(O)c1. The molecule has 2 heterocycles. The molecule has 0 atom stereocenters. The normalized spacial score (nSPS) is 10.8. The Hall–Kier alpha value is -8.92. The first-order valence-electron chi connectivity index (χ1n) is 20.1. The van der Waals surface area contributed by atoms with Gasteiger partial charge in [-0.2, -0.15) is 0 Å². The molecule has 8 rings (SSSR count). The molecule has 16 heteroatoms. The summed E-state index contributed by atoms with van der Waals surface area (Å²) in [6.07, 6.45) is -0.698. The number of rotatable bonds is 16. The maximum atomic E-state index is 12.3. The van der Waals surface area contributed by atoms with Crippen LogP contribution in [0.5, 0.6) is 34.5 Å². The van der Waals surface area contributed by atoms with Gasteiger partial charge in [0.05, 0.1) is 0 Å². The Morgan fingerprint density at radius 3 is 0.908 bits per heavy atom. The van der Waals surface area contributed by atoms with Crippen molar-refractivity contribution in [2.45, 2.75) is 6.42 Å². The van der Waals surface area contributed by atoms with E-state index < -0.39 is 18.4 Å². The molecular weight excluding hydrogens is 833 g/mol. The van der Waals surface area contributed by atoms with Crippen LogP contribution >= 0.6 is 0 Å². The van der Waals surface area contributed by atoms with Gasteiger partial charge in [-0.15, -0.1) is 0 Å². The van der Waals surface area contributed by atoms with Crippen molar-refractivity contribution in [2.75, 3.05) is 26.4 Å². The van der Waals surface area contributed by atoms with E-state index in [2.05, 4.69) is 29.9 Å². The van der Waals surface area contributed by atoms with E-state index in [1.165, 1.54) is 24.3 Å². The fourth-order valence-electron chi connectivity index (χ4n) is 6.49. The van der Waals surface area contributed by atoms with E-state index in [1.807, 2.05) is 121 Å². The minimum atomic E-state index is -0.881. The molecule has 6 aromatic carbocycles. The van der Waals surface area contributed by atoms with Gasteiger partial charge < -0.3 is 39.4 Å². The zero-order chi connectivity index (χ0) is 45.1. The first kappa shape index (κ1) is 42.8. The molecule has 16 nitrogen and oxygen atoms in total.